The highest BCUT2D eigenvalue weighted by Crippen LogP contribution is 2.21. The monoisotopic (exact) mass is 393 g/mol. The van der Waals surface area contributed by atoms with Crippen LogP contribution in [0.25, 0.3) is 0 Å². The number of rotatable bonds is 4. The number of amides is 2. The summed E-state index contributed by atoms with van der Waals surface area (Å²) in [7, 11) is 0. The van der Waals surface area contributed by atoms with E-state index >= 15 is 0 Å². The summed E-state index contributed by atoms with van der Waals surface area (Å²) in [5.74, 6) is -1.69. The molecule has 8 heteroatoms. The summed E-state index contributed by atoms with van der Waals surface area (Å²) in [5.41, 5.74) is 0.833. The Labute approximate surface area is 160 Å². The summed E-state index contributed by atoms with van der Waals surface area (Å²) in [6, 6.07) is 10.3. The molecule has 1 N–H and O–H groups in total. The largest absolute Gasteiger partial charge is 0.366 e. The zero-order chi connectivity index (χ0) is 19.4. The van der Waals surface area contributed by atoms with Gasteiger partial charge in [0.05, 0.1) is 10.7 Å². The fraction of sp³-hybridized carbons (Fsp3) is 0.263. The molecule has 0 unspecified atom stereocenters. The second-order valence-corrected chi connectivity index (χ2v) is 6.58. The van der Waals surface area contributed by atoms with Crippen LogP contribution in [0.2, 0.25) is 5.02 Å². The van der Waals surface area contributed by atoms with Crippen LogP contribution in [-0.2, 0) is 9.59 Å². The highest BCUT2D eigenvalue weighted by Gasteiger charge is 2.24. The van der Waals surface area contributed by atoms with Gasteiger partial charge in [0.2, 0.25) is 11.8 Å². The number of nitrogens with one attached hydrogen (secondary N) is 1. The number of hydrogen-bond acceptors (Lipinski definition) is 3. The van der Waals surface area contributed by atoms with Crippen LogP contribution in [0.3, 0.4) is 0 Å². The van der Waals surface area contributed by atoms with Crippen molar-refractivity contribution < 1.29 is 18.4 Å². The molecule has 2 aromatic carbocycles. The average molecular weight is 394 g/mol. The van der Waals surface area contributed by atoms with Crippen LogP contribution < -0.4 is 10.2 Å². The Hall–Kier alpha value is -2.67. The van der Waals surface area contributed by atoms with Crippen LogP contribution in [-0.4, -0.2) is 42.9 Å². The van der Waals surface area contributed by atoms with Crippen molar-refractivity contribution in [1.29, 1.82) is 0 Å². The van der Waals surface area contributed by atoms with Crippen molar-refractivity contribution >= 4 is 34.8 Å². The highest BCUT2D eigenvalue weighted by molar-refractivity contribution is 6.31. The molecule has 0 radical (unpaired) electrons. The van der Waals surface area contributed by atoms with E-state index in [0.29, 0.717) is 37.6 Å². The van der Waals surface area contributed by atoms with Crippen LogP contribution in [0.1, 0.15) is 6.42 Å². The first-order valence-electron chi connectivity index (χ1n) is 8.46. The van der Waals surface area contributed by atoms with Crippen molar-refractivity contribution in [3.05, 3.63) is 59.1 Å². The zero-order valence-corrected chi connectivity index (χ0v) is 15.2. The molecule has 0 spiro atoms. The van der Waals surface area contributed by atoms with E-state index in [1.54, 1.807) is 23.1 Å². The molecular formula is C19H18ClF2N3O2. The predicted octanol–water partition coefficient (Wildman–Crippen LogP) is 3.30. The number of carbonyl (C=O) groups excluding carboxylic acids is 2. The molecule has 1 heterocycles. The number of piperazine rings is 1. The molecule has 0 atom stereocenters. The van der Waals surface area contributed by atoms with Crippen LogP contribution in [0.5, 0.6) is 0 Å². The lowest BCUT2D eigenvalue weighted by molar-refractivity contribution is -0.134. The molecule has 1 aliphatic heterocycles. The third-order valence-corrected chi connectivity index (χ3v) is 4.63. The summed E-state index contributed by atoms with van der Waals surface area (Å²) < 4.78 is 27.0. The van der Waals surface area contributed by atoms with E-state index in [4.69, 9.17) is 11.6 Å². The van der Waals surface area contributed by atoms with Crippen LogP contribution >= 0.6 is 11.6 Å². The first kappa shape index (κ1) is 19.1. The molecule has 2 aromatic rings. The Balaban J connectivity index is 1.51. The SMILES string of the molecule is O=C(CC(=O)N1CCN(c2ccccc2F)CC1)Nc1ccc(F)c(Cl)c1. The second-order valence-electron chi connectivity index (χ2n) is 6.17. The molecule has 1 fully saturated rings. The maximum absolute atomic E-state index is 13.9. The van der Waals surface area contributed by atoms with Gasteiger partial charge in [-0.05, 0) is 30.3 Å². The van der Waals surface area contributed by atoms with Gasteiger partial charge >= 0.3 is 0 Å². The lowest BCUT2D eigenvalue weighted by Crippen LogP contribution is -2.49. The minimum atomic E-state index is -0.585. The number of para-hydroxylation sites is 1. The number of halogens is 3. The summed E-state index contributed by atoms with van der Waals surface area (Å²) >= 11 is 5.67. The fourth-order valence-corrected chi connectivity index (χ4v) is 3.11. The van der Waals surface area contributed by atoms with E-state index in [1.165, 1.54) is 18.2 Å². The normalized spacial score (nSPS) is 14.2. The number of anilines is 2. The minimum Gasteiger partial charge on any atom is -0.366 e. The summed E-state index contributed by atoms with van der Waals surface area (Å²) in [6.45, 7) is 1.79. The molecule has 1 saturated heterocycles. The lowest BCUT2D eigenvalue weighted by Gasteiger charge is -2.36. The third-order valence-electron chi connectivity index (χ3n) is 4.34. The van der Waals surface area contributed by atoms with Crippen molar-refractivity contribution in [1.82, 2.24) is 4.90 Å². The molecule has 142 valence electrons. The van der Waals surface area contributed by atoms with Crippen molar-refractivity contribution in [3.63, 3.8) is 0 Å². The minimum absolute atomic E-state index is 0.108. The molecule has 1 aliphatic rings. The number of carbonyl (C=O) groups is 2. The van der Waals surface area contributed by atoms with E-state index in [2.05, 4.69) is 5.32 Å². The van der Waals surface area contributed by atoms with Gasteiger partial charge in [-0.2, -0.15) is 0 Å². The van der Waals surface area contributed by atoms with E-state index in [9.17, 15) is 18.4 Å². The molecule has 3 rings (SSSR count). The van der Waals surface area contributed by atoms with Gasteiger partial charge in [-0.3, -0.25) is 9.59 Å². The van der Waals surface area contributed by atoms with Gasteiger partial charge < -0.3 is 15.1 Å². The van der Waals surface area contributed by atoms with Gasteiger partial charge in [-0.25, -0.2) is 8.78 Å². The van der Waals surface area contributed by atoms with E-state index in [-0.39, 0.29) is 23.2 Å². The maximum Gasteiger partial charge on any atom is 0.233 e. The molecule has 0 aliphatic carbocycles. The van der Waals surface area contributed by atoms with Crippen molar-refractivity contribution in [2.45, 2.75) is 6.42 Å². The molecule has 5 nitrogen and oxygen atoms in total. The summed E-state index contributed by atoms with van der Waals surface area (Å²) in [4.78, 5) is 27.8. The lowest BCUT2D eigenvalue weighted by atomic mass is 10.2. The Morgan fingerprint density at radius 1 is 1.00 bits per heavy atom. The van der Waals surface area contributed by atoms with E-state index in [1.807, 2.05) is 4.90 Å². The second kappa shape index (κ2) is 8.35. The Bertz CT molecular complexity index is 855. The van der Waals surface area contributed by atoms with Crippen molar-refractivity contribution in [3.8, 4) is 0 Å². The van der Waals surface area contributed by atoms with Gasteiger partial charge in [-0.1, -0.05) is 23.7 Å². The smallest absolute Gasteiger partial charge is 0.233 e. The predicted molar refractivity (Wildman–Crippen MR) is 99.8 cm³/mol. The number of benzene rings is 2. The summed E-state index contributed by atoms with van der Waals surface area (Å²) in [6.07, 6.45) is -0.325. The molecule has 27 heavy (non-hydrogen) atoms. The Morgan fingerprint density at radius 3 is 2.37 bits per heavy atom. The highest BCUT2D eigenvalue weighted by atomic mass is 35.5. The van der Waals surface area contributed by atoms with Gasteiger partial charge in [0.25, 0.3) is 0 Å². The van der Waals surface area contributed by atoms with Crippen molar-refractivity contribution in [2.24, 2.45) is 0 Å². The standard InChI is InChI=1S/C19H18ClF2N3O2/c20-14-11-13(5-6-15(14)21)23-18(26)12-19(27)25-9-7-24(8-10-25)17-4-2-1-3-16(17)22/h1-6,11H,7-10,12H2,(H,23,26). The van der Waals surface area contributed by atoms with E-state index in [0.717, 1.165) is 6.07 Å². The molecule has 0 saturated carbocycles. The van der Waals surface area contributed by atoms with Gasteiger partial charge in [0, 0.05) is 31.9 Å². The van der Waals surface area contributed by atoms with Crippen LogP contribution in [0.15, 0.2) is 42.5 Å². The van der Waals surface area contributed by atoms with E-state index < -0.39 is 11.7 Å². The molecule has 0 bridgehead atoms. The quantitative estimate of drug-likeness (QED) is 0.811. The maximum atomic E-state index is 13.9. The van der Waals surface area contributed by atoms with Gasteiger partial charge in [0.15, 0.2) is 0 Å². The molecular weight excluding hydrogens is 376 g/mol. The molecule has 2 amide bonds. The van der Waals surface area contributed by atoms with Crippen molar-refractivity contribution in [2.75, 3.05) is 36.4 Å². The third kappa shape index (κ3) is 4.74. The van der Waals surface area contributed by atoms with Crippen LogP contribution in [0, 0.1) is 11.6 Å². The van der Waals surface area contributed by atoms with Gasteiger partial charge in [-0.15, -0.1) is 0 Å². The number of hydrogen-bond donors (Lipinski definition) is 1. The van der Waals surface area contributed by atoms with Crippen LogP contribution in [0.4, 0.5) is 20.2 Å². The topological polar surface area (TPSA) is 52.7 Å². The Kier molecular flexibility index (Phi) is 5.91. The first-order chi connectivity index (χ1) is 12.9. The average Bonchev–Trinajstić information content (AvgIpc) is 2.65. The zero-order valence-electron chi connectivity index (χ0n) is 14.4. The Morgan fingerprint density at radius 2 is 1.70 bits per heavy atom. The number of nitrogens with zero attached hydrogens (tertiary/aromatic N) is 2. The summed E-state index contributed by atoms with van der Waals surface area (Å²) in [5, 5.41) is 2.42. The fourth-order valence-electron chi connectivity index (χ4n) is 2.93. The first-order valence-corrected chi connectivity index (χ1v) is 8.84. The molecule has 0 aromatic heterocycles. The van der Waals surface area contributed by atoms with Gasteiger partial charge in [0.1, 0.15) is 18.1 Å².